The maximum absolute atomic E-state index is 11.9. The number of hydrogen-bond donors (Lipinski definition) is 1. The number of rotatable bonds is 7. The molecule has 1 saturated carbocycles. The molecule has 24 heavy (non-hydrogen) atoms. The van der Waals surface area contributed by atoms with Gasteiger partial charge in [-0.3, -0.25) is 14.4 Å². The standard InChI is InChI=1S/C18H24N4O2/c23-18(10-14-3-4-14)19-7-5-15-11-21(13-17-2-1-9-24-17)12-16-6-8-20-22(15)16/h1-2,6,8-9,14-15H,3-5,7,10-13H2,(H,19,23)/t15-/m0/s1. The number of nitrogens with zero attached hydrogens (tertiary/aromatic N) is 3. The number of nitrogens with one attached hydrogen (secondary N) is 1. The summed E-state index contributed by atoms with van der Waals surface area (Å²) < 4.78 is 7.59. The van der Waals surface area contributed by atoms with E-state index in [1.165, 1.54) is 18.5 Å². The summed E-state index contributed by atoms with van der Waals surface area (Å²) in [6.45, 7) is 3.33. The fraction of sp³-hybridized carbons (Fsp3) is 0.556. The van der Waals surface area contributed by atoms with E-state index in [2.05, 4.69) is 26.1 Å². The zero-order chi connectivity index (χ0) is 16.4. The zero-order valence-electron chi connectivity index (χ0n) is 13.9. The molecular weight excluding hydrogens is 304 g/mol. The Morgan fingerprint density at radius 3 is 3.08 bits per heavy atom. The van der Waals surface area contributed by atoms with E-state index in [0.717, 1.165) is 31.8 Å². The highest BCUT2D eigenvalue weighted by Crippen LogP contribution is 2.32. The van der Waals surface area contributed by atoms with Crippen LogP contribution < -0.4 is 5.32 Å². The Balaban J connectivity index is 1.33. The van der Waals surface area contributed by atoms with Gasteiger partial charge < -0.3 is 9.73 Å². The Bertz CT molecular complexity index is 675. The van der Waals surface area contributed by atoms with Gasteiger partial charge in [0.15, 0.2) is 0 Å². The van der Waals surface area contributed by atoms with Gasteiger partial charge in [-0.1, -0.05) is 0 Å². The van der Waals surface area contributed by atoms with Crippen molar-refractivity contribution in [2.75, 3.05) is 13.1 Å². The van der Waals surface area contributed by atoms with Crippen molar-refractivity contribution in [2.45, 2.75) is 44.8 Å². The van der Waals surface area contributed by atoms with Crippen LogP contribution in [-0.4, -0.2) is 33.7 Å². The van der Waals surface area contributed by atoms with Gasteiger partial charge in [0.25, 0.3) is 0 Å². The smallest absolute Gasteiger partial charge is 0.220 e. The minimum absolute atomic E-state index is 0.196. The van der Waals surface area contributed by atoms with E-state index in [9.17, 15) is 4.79 Å². The Morgan fingerprint density at radius 2 is 2.29 bits per heavy atom. The van der Waals surface area contributed by atoms with Crippen molar-refractivity contribution in [3.8, 4) is 0 Å². The maximum Gasteiger partial charge on any atom is 0.220 e. The third-order valence-electron chi connectivity index (χ3n) is 4.88. The van der Waals surface area contributed by atoms with Crippen LogP contribution in [0.1, 0.15) is 43.2 Å². The van der Waals surface area contributed by atoms with Crippen LogP contribution in [0.5, 0.6) is 0 Å². The highest BCUT2D eigenvalue weighted by Gasteiger charge is 2.27. The first-order valence-corrected chi connectivity index (χ1v) is 8.82. The highest BCUT2D eigenvalue weighted by molar-refractivity contribution is 5.76. The Morgan fingerprint density at radius 1 is 1.38 bits per heavy atom. The van der Waals surface area contributed by atoms with Gasteiger partial charge in [0.1, 0.15) is 5.76 Å². The molecule has 0 spiro atoms. The Labute approximate surface area is 141 Å². The average Bonchev–Trinajstić information content (AvgIpc) is 3.03. The molecule has 128 valence electrons. The van der Waals surface area contributed by atoms with E-state index >= 15 is 0 Å². The molecule has 0 radical (unpaired) electrons. The van der Waals surface area contributed by atoms with E-state index in [0.29, 0.717) is 24.9 Å². The molecule has 1 aliphatic carbocycles. The van der Waals surface area contributed by atoms with Crippen LogP contribution in [0.4, 0.5) is 0 Å². The Hall–Kier alpha value is -2.08. The molecule has 6 nitrogen and oxygen atoms in total. The minimum Gasteiger partial charge on any atom is -0.468 e. The highest BCUT2D eigenvalue weighted by atomic mass is 16.3. The summed E-state index contributed by atoms with van der Waals surface area (Å²) in [4.78, 5) is 14.2. The molecule has 0 unspecified atom stereocenters. The largest absolute Gasteiger partial charge is 0.468 e. The maximum atomic E-state index is 11.9. The number of aromatic nitrogens is 2. The van der Waals surface area contributed by atoms with Gasteiger partial charge >= 0.3 is 0 Å². The Kier molecular flexibility index (Phi) is 4.38. The summed E-state index contributed by atoms with van der Waals surface area (Å²) >= 11 is 0. The summed E-state index contributed by atoms with van der Waals surface area (Å²) in [5.74, 6) is 1.82. The number of fused-ring (bicyclic) bond motifs is 1. The second-order valence-corrected chi connectivity index (χ2v) is 6.96. The van der Waals surface area contributed by atoms with Gasteiger partial charge in [0.2, 0.25) is 5.91 Å². The lowest BCUT2D eigenvalue weighted by atomic mass is 10.1. The fourth-order valence-electron chi connectivity index (χ4n) is 3.46. The summed E-state index contributed by atoms with van der Waals surface area (Å²) in [5.41, 5.74) is 1.22. The minimum atomic E-state index is 0.196. The molecule has 0 saturated heterocycles. The summed E-state index contributed by atoms with van der Waals surface area (Å²) in [5, 5.41) is 7.55. The molecule has 1 atom stereocenters. The van der Waals surface area contributed by atoms with E-state index in [4.69, 9.17) is 4.42 Å². The summed E-state index contributed by atoms with van der Waals surface area (Å²) in [6.07, 6.45) is 7.62. The second-order valence-electron chi connectivity index (χ2n) is 6.96. The van der Waals surface area contributed by atoms with E-state index < -0.39 is 0 Å². The van der Waals surface area contributed by atoms with Crippen molar-refractivity contribution >= 4 is 5.91 Å². The molecule has 2 aromatic rings. The number of carbonyl (C=O) groups is 1. The van der Waals surface area contributed by atoms with Gasteiger partial charge in [-0.05, 0) is 43.4 Å². The lowest BCUT2D eigenvalue weighted by molar-refractivity contribution is -0.121. The van der Waals surface area contributed by atoms with E-state index in [1.807, 2.05) is 18.3 Å². The average molecular weight is 328 g/mol. The molecule has 1 N–H and O–H groups in total. The molecule has 4 rings (SSSR count). The topological polar surface area (TPSA) is 63.3 Å². The van der Waals surface area contributed by atoms with Crippen molar-refractivity contribution in [3.63, 3.8) is 0 Å². The van der Waals surface area contributed by atoms with Crippen molar-refractivity contribution in [2.24, 2.45) is 5.92 Å². The van der Waals surface area contributed by atoms with Crippen molar-refractivity contribution in [1.29, 1.82) is 0 Å². The number of hydrogen-bond acceptors (Lipinski definition) is 4. The van der Waals surface area contributed by atoms with Crippen LogP contribution in [0.2, 0.25) is 0 Å². The van der Waals surface area contributed by atoms with Crippen LogP contribution in [-0.2, 0) is 17.9 Å². The first-order valence-electron chi connectivity index (χ1n) is 8.82. The van der Waals surface area contributed by atoms with Crippen LogP contribution >= 0.6 is 0 Å². The van der Waals surface area contributed by atoms with Crippen molar-refractivity contribution in [1.82, 2.24) is 20.0 Å². The van der Waals surface area contributed by atoms with Crippen molar-refractivity contribution < 1.29 is 9.21 Å². The van der Waals surface area contributed by atoms with E-state index in [-0.39, 0.29) is 5.91 Å². The normalized spacial score (nSPS) is 20.8. The molecule has 2 aliphatic rings. The van der Waals surface area contributed by atoms with Gasteiger partial charge in [-0.25, -0.2) is 0 Å². The molecule has 0 bridgehead atoms. The lowest BCUT2D eigenvalue weighted by Crippen LogP contribution is -2.38. The third kappa shape index (κ3) is 3.70. The molecule has 1 aliphatic heterocycles. The van der Waals surface area contributed by atoms with Gasteiger partial charge in [-0.15, -0.1) is 0 Å². The van der Waals surface area contributed by atoms with Crippen LogP contribution in [0.3, 0.4) is 0 Å². The lowest BCUT2D eigenvalue weighted by Gasteiger charge is -2.33. The van der Waals surface area contributed by atoms with E-state index in [1.54, 1.807) is 6.26 Å². The van der Waals surface area contributed by atoms with Crippen LogP contribution in [0, 0.1) is 5.92 Å². The molecule has 2 aromatic heterocycles. The number of amides is 1. The molecule has 6 heteroatoms. The molecule has 3 heterocycles. The van der Waals surface area contributed by atoms with Crippen molar-refractivity contribution in [3.05, 3.63) is 42.1 Å². The van der Waals surface area contributed by atoms with Gasteiger partial charge in [0, 0.05) is 32.3 Å². The number of carbonyl (C=O) groups excluding carboxylic acids is 1. The van der Waals surface area contributed by atoms with Gasteiger partial charge in [-0.2, -0.15) is 5.10 Å². The second kappa shape index (κ2) is 6.81. The molecule has 1 fully saturated rings. The third-order valence-corrected chi connectivity index (χ3v) is 4.88. The first kappa shape index (κ1) is 15.4. The summed E-state index contributed by atoms with van der Waals surface area (Å²) in [7, 11) is 0. The number of furan rings is 1. The van der Waals surface area contributed by atoms with Gasteiger partial charge in [0.05, 0.1) is 24.5 Å². The zero-order valence-corrected chi connectivity index (χ0v) is 13.9. The first-order chi connectivity index (χ1) is 11.8. The quantitative estimate of drug-likeness (QED) is 0.847. The summed E-state index contributed by atoms with van der Waals surface area (Å²) in [6, 6.07) is 6.31. The van der Waals surface area contributed by atoms with Crippen LogP contribution in [0.25, 0.3) is 0 Å². The van der Waals surface area contributed by atoms with Crippen LogP contribution in [0.15, 0.2) is 35.1 Å². The predicted molar refractivity (Wildman–Crippen MR) is 89.1 cm³/mol. The molecule has 0 aromatic carbocycles. The predicted octanol–water partition coefficient (Wildman–Crippen LogP) is 2.34. The SMILES string of the molecule is O=C(CC1CC1)NCC[C@H]1CN(Cc2ccco2)Cc2ccnn21. The molecule has 1 amide bonds. The fourth-order valence-corrected chi connectivity index (χ4v) is 3.46. The molecular formula is C18H24N4O2. The monoisotopic (exact) mass is 328 g/mol.